The van der Waals surface area contributed by atoms with Gasteiger partial charge in [-0.15, -0.1) is 5.10 Å². The van der Waals surface area contributed by atoms with E-state index in [2.05, 4.69) is 10.3 Å². The molecule has 1 aromatic carbocycles. The average Bonchev–Trinajstić information content (AvgIpc) is 2.69. The van der Waals surface area contributed by atoms with Crippen molar-refractivity contribution in [2.24, 2.45) is 0 Å². The second-order valence-corrected chi connectivity index (χ2v) is 3.56. The third-order valence-electron chi connectivity index (χ3n) is 2.04. The smallest absolute Gasteiger partial charge is 0.108 e. The maximum absolute atomic E-state index is 8.83. The molecule has 0 saturated heterocycles. The molecule has 0 bridgehead atoms. The fraction of sp³-hybridized carbons (Fsp3) is 0.200. The Morgan fingerprint density at radius 2 is 2.13 bits per heavy atom. The maximum Gasteiger partial charge on any atom is 0.108 e. The summed E-state index contributed by atoms with van der Waals surface area (Å²) in [6.45, 7) is 0.467. The van der Waals surface area contributed by atoms with Gasteiger partial charge in [-0.3, -0.25) is 0 Å². The average molecular weight is 224 g/mol. The van der Waals surface area contributed by atoms with Crippen LogP contribution >= 0.6 is 11.6 Å². The minimum absolute atomic E-state index is 0.0947. The molecule has 2 rings (SSSR count). The number of aliphatic hydroxyl groups is 1. The first kappa shape index (κ1) is 10.1. The number of aliphatic hydroxyl groups excluding tert-OH is 1. The lowest BCUT2D eigenvalue weighted by molar-refractivity contribution is 0.276. The van der Waals surface area contributed by atoms with Gasteiger partial charge in [0.25, 0.3) is 0 Å². The SMILES string of the molecule is OCc1cn(Cc2ccccc2Cl)nn1. The van der Waals surface area contributed by atoms with Crippen molar-refractivity contribution in [3.63, 3.8) is 0 Å². The van der Waals surface area contributed by atoms with Crippen LogP contribution in [0.1, 0.15) is 11.3 Å². The summed E-state index contributed by atoms with van der Waals surface area (Å²) in [7, 11) is 0. The first-order valence-electron chi connectivity index (χ1n) is 4.53. The number of benzene rings is 1. The topological polar surface area (TPSA) is 50.9 Å². The summed E-state index contributed by atoms with van der Waals surface area (Å²) >= 11 is 6.00. The van der Waals surface area contributed by atoms with Gasteiger partial charge in [0.15, 0.2) is 0 Å². The van der Waals surface area contributed by atoms with Crippen LogP contribution in [0.15, 0.2) is 30.5 Å². The first-order valence-corrected chi connectivity index (χ1v) is 4.90. The lowest BCUT2D eigenvalue weighted by Crippen LogP contribution is -2.00. The van der Waals surface area contributed by atoms with E-state index in [0.29, 0.717) is 17.3 Å². The standard InChI is InChI=1S/C10H10ClN3O/c11-10-4-2-1-3-8(10)5-14-6-9(7-15)12-13-14/h1-4,6,15H,5,7H2. The normalized spacial score (nSPS) is 10.5. The van der Waals surface area contributed by atoms with Crippen LogP contribution in [0.3, 0.4) is 0 Å². The van der Waals surface area contributed by atoms with Crippen molar-refractivity contribution in [2.75, 3.05) is 0 Å². The molecule has 0 unspecified atom stereocenters. The molecule has 0 aliphatic heterocycles. The van der Waals surface area contributed by atoms with Gasteiger partial charge in [0.1, 0.15) is 5.69 Å². The third-order valence-corrected chi connectivity index (χ3v) is 2.41. The van der Waals surface area contributed by atoms with Crippen LogP contribution in [-0.2, 0) is 13.2 Å². The van der Waals surface area contributed by atoms with Gasteiger partial charge in [0.2, 0.25) is 0 Å². The summed E-state index contributed by atoms with van der Waals surface area (Å²) in [6, 6.07) is 7.57. The van der Waals surface area contributed by atoms with E-state index in [4.69, 9.17) is 16.7 Å². The fourth-order valence-corrected chi connectivity index (χ4v) is 1.48. The van der Waals surface area contributed by atoms with E-state index in [9.17, 15) is 0 Å². The van der Waals surface area contributed by atoms with Crippen molar-refractivity contribution in [1.29, 1.82) is 0 Å². The Morgan fingerprint density at radius 1 is 1.33 bits per heavy atom. The molecule has 0 spiro atoms. The van der Waals surface area contributed by atoms with E-state index in [-0.39, 0.29) is 6.61 Å². The minimum Gasteiger partial charge on any atom is -0.390 e. The quantitative estimate of drug-likeness (QED) is 0.858. The second-order valence-electron chi connectivity index (χ2n) is 3.16. The molecule has 4 nitrogen and oxygen atoms in total. The molecule has 0 fully saturated rings. The predicted octanol–water partition coefficient (Wildman–Crippen LogP) is 1.47. The molecule has 5 heteroatoms. The van der Waals surface area contributed by atoms with Gasteiger partial charge in [-0.25, -0.2) is 4.68 Å². The number of halogens is 1. The number of aromatic nitrogens is 3. The van der Waals surface area contributed by atoms with Crippen LogP contribution in [0.2, 0.25) is 5.02 Å². The highest BCUT2D eigenvalue weighted by atomic mass is 35.5. The van der Waals surface area contributed by atoms with Crippen molar-refractivity contribution in [3.05, 3.63) is 46.7 Å². The van der Waals surface area contributed by atoms with Crippen LogP contribution in [0.4, 0.5) is 0 Å². The van der Waals surface area contributed by atoms with Gasteiger partial charge in [-0.1, -0.05) is 35.0 Å². The number of rotatable bonds is 3. The molecule has 2 aromatic rings. The fourth-order valence-electron chi connectivity index (χ4n) is 1.29. The van der Waals surface area contributed by atoms with E-state index in [0.717, 1.165) is 5.56 Å². The molecule has 15 heavy (non-hydrogen) atoms. The van der Waals surface area contributed by atoms with Crippen LogP contribution in [0, 0.1) is 0 Å². The van der Waals surface area contributed by atoms with Crippen molar-refractivity contribution in [3.8, 4) is 0 Å². The molecule has 78 valence electrons. The Kier molecular flexibility index (Phi) is 2.99. The minimum atomic E-state index is -0.0947. The van der Waals surface area contributed by atoms with Crippen LogP contribution in [-0.4, -0.2) is 20.1 Å². The van der Waals surface area contributed by atoms with Crippen molar-refractivity contribution < 1.29 is 5.11 Å². The molecule has 0 aliphatic rings. The Balaban J connectivity index is 2.18. The van der Waals surface area contributed by atoms with Crippen molar-refractivity contribution in [2.45, 2.75) is 13.2 Å². The summed E-state index contributed by atoms with van der Waals surface area (Å²) in [5.41, 5.74) is 1.54. The van der Waals surface area contributed by atoms with Crippen LogP contribution in [0.5, 0.6) is 0 Å². The van der Waals surface area contributed by atoms with Gasteiger partial charge in [0, 0.05) is 5.02 Å². The van der Waals surface area contributed by atoms with Gasteiger partial charge >= 0.3 is 0 Å². The summed E-state index contributed by atoms with van der Waals surface area (Å²) in [4.78, 5) is 0. The molecular formula is C10H10ClN3O. The zero-order valence-electron chi connectivity index (χ0n) is 7.97. The third kappa shape index (κ3) is 2.34. The number of hydrogen-bond donors (Lipinski definition) is 1. The Morgan fingerprint density at radius 3 is 2.80 bits per heavy atom. The number of hydrogen-bond acceptors (Lipinski definition) is 3. The van der Waals surface area contributed by atoms with Crippen molar-refractivity contribution in [1.82, 2.24) is 15.0 Å². The first-order chi connectivity index (χ1) is 7.29. The van der Waals surface area contributed by atoms with Gasteiger partial charge in [0.05, 0.1) is 19.3 Å². The molecule has 0 atom stereocenters. The van der Waals surface area contributed by atoms with E-state index < -0.39 is 0 Å². The summed E-state index contributed by atoms with van der Waals surface area (Å²) in [5, 5.41) is 17.2. The zero-order valence-corrected chi connectivity index (χ0v) is 8.72. The highest BCUT2D eigenvalue weighted by Gasteiger charge is 2.02. The largest absolute Gasteiger partial charge is 0.390 e. The summed E-state index contributed by atoms with van der Waals surface area (Å²) < 4.78 is 1.65. The number of nitrogens with zero attached hydrogens (tertiary/aromatic N) is 3. The highest BCUT2D eigenvalue weighted by molar-refractivity contribution is 6.31. The van der Waals surface area contributed by atoms with E-state index >= 15 is 0 Å². The Hall–Kier alpha value is -1.39. The van der Waals surface area contributed by atoms with Gasteiger partial charge in [-0.2, -0.15) is 0 Å². The molecular weight excluding hydrogens is 214 g/mol. The molecule has 0 amide bonds. The van der Waals surface area contributed by atoms with Crippen molar-refractivity contribution >= 4 is 11.6 Å². The highest BCUT2D eigenvalue weighted by Crippen LogP contribution is 2.15. The molecule has 0 radical (unpaired) electrons. The zero-order chi connectivity index (χ0) is 10.7. The summed E-state index contributed by atoms with van der Waals surface area (Å²) in [5.74, 6) is 0. The van der Waals surface area contributed by atoms with Crippen LogP contribution in [0.25, 0.3) is 0 Å². The summed E-state index contributed by atoms with van der Waals surface area (Å²) in [6.07, 6.45) is 1.70. The van der Waals surface area contributed by atoms with E-state index in [1.165, 1.54) is 0 Å². The second kappa shape index (κ2) is 4.42. The molecule has 0 aliphatic carbocycles. The molecule has 0 saturated carbocycles. The Bertz CT molecular complexity index is 455. The van der Waals surface area contributed by atoms with E-state index in [1.807, 2.05) is 24.3 Å². The molecule has 1 N–H and O–H groups in total. The Labute approximate surface area is 92.1 Å². The van der Waals surface area contributed by atoms with Crippen LogP contribution < -0.4 is 0 Å². The lowest BCUT2D eigenvalue weighted by atomic mass is 10.2. The van der Waals surface area contributed by atoms with Gasteiger partial charge in [-0.05, 0) is 11.6 Å². The molecule has 1 heterocycles. The molecule has 1 aromatic heterocycles. The van der Waals surface area contributed by atoms with Gasteiger partial charge < -0.3 is 5.11 Å². The predicted molar refractivity (Wildman–Crippen MR) is 56.5 cm³/mol. The maximum atomic E-state index is 8.83. The monoisotopic (exact) mass is 223 g/mol. The van der Waals surface area contributed by atoms with E-state index in [1.54, 1.807) is 10.9 Å². The lowest BCUT2D eigenvalue weighted by Gasteiger charge is -2.02.